The van der Waals surface area contributed by atoms with Gasteiger partial charge in [-0.2, -0.15) is 0 Å². The number of nitrogens with zero attached hydrogens (tertiary/aromatic N) is 2. The highest BCUT2D eigenvalue weighted by molar-refractivity contribution is 7.92. The van der Waals surface area contributed by atoms with Gasteiger partial charge in [0, 0.05) is 30.6 Å². The van der Waals surface area contributed by atoms with Gasteiger partial charge in [0.1, 0.15) is 11.9 Å². The van der Waals surface area contributed by atoms with Crippen molar-refractivity contribution in [2.45, 2.75) is 64.1 Å². The van der Waals surface area contributed by atoms with E-state index in [0.717, 1.165) is 41.8 Å². The van der Waals surface area contributed by atoms with Crippen LogP contribution >= 0.6 is 11.6 Å². The summed E-state index contributed by atoms with van der Waals surface area (Å²) >= 11 is 6.33. The van der Waals surface area contributed by atoms with Crippen LogP contribution in [0.25, 0.3) is 0 Å². The fraction of sp³-hybridized carbons (Fsp3) is 0.462. The Balaban J connectivity index is 1.72. The molecule has 1 unspecified atom stereocenters. The molecule has 1 saturated carbocycles. The van der Waals surface area contributed by atoms with Crippen LogP contribution in [0.4, 0.5) is 10.1 Å². The fourth-order valence-electron chi connectivity index (χ4n) is 4.40. The minimum atomic E-state index is -3.64. The standard InChI is InChI=1S/C26H33ClFN3O4S/c1-19(26(33)29-22-9-4-5-10-22)30(18-20-8-3-6-11-24(20)27)25(32)12-7-17-31(36(2,34)35)23-15-13-21(28)14-16-23/h3,6,8,11,13-16,19,22H,4-5,7,9-10,12,17-18H2,1-2H3,(H,29,33). The Bertz CT molecular complexity index is 1150. The molecule has 2 amide bonds. The molecule has 10 heteroatoms. The summed E-state index contributed by atoms with van der Waals surface area (Å²) in [7, 11) is -3.64. The van der Waals surface area contributed by atoms with Crippen molar-refractivity contribution < 1.29 is 22.4 Å². The maximum Gasteiger partial charge on any atom is 0.242 e. The Morgan fingerprint density at radius 1 is 1.11 bits per heavy atom. The number of hydrogen-bond donors (Lipinski definition) is 1. The molecular weight excluding hydrogens is 505 g/mol. The maximum absolute atomic E-state index is 13.3. The summed E-state index contributed by atoms with van der Waals surface area (Å²) in [4.78, 5) is 27.8. The zero-order valence-corrected chi connectivity index (χ0v) is 22.2. The summed E-state index contributed by atoms with van der Waals surface area (Å²) in [6.07, 6.45) is 5.33. The molecule has 3 rings (SSSR count). The van der Waals surface area contributed by atoms with E-state index in [1.54, 1.807) is 19.1 Å². The molecule has 0 aliphatic heterocycles. The molecule has 1 aliphatic carbocycles. The molecule has 0 radical (unpaired) electrons. The third-order valence-electron chi connectivity index (χ3n) is 6.43. The van der Waals surface area contributed by atoms with Crippen LogP contribution in [0, 0.1) is 5.82 Å². The van der Waals surface area contributed by atoms with Gasteiger partial charge in [0.05, 0.1) is 11.9 Å². The number of halogens is 2. The van der Waals surface area contributed by atoms with E-state index in [1.165, 1.54) is 29.2 Å². The highest BCUT2D eigenvalue weighted by Crippen LogP contribution is 2.22. The van der Waals surface area contributed by atoms with Crippen LogP contribution in [0.1, 0.15) is 51.0 Å². The first kappa shape index (κ1) is 27.9. The van der Waals surface area contributed by atoms with Gasteiger partial charge < -0.3 is 10.2 Å². The summed E-state index contributed by atoms with van der Waals surface area (Å²) in [5, 5.41) is 3.55. The van der Waals surface area contributed by atoms with Gasteiger partial charge in [-0.15, -0.1) is 0 Å². The number of rotatable bonds is 11. The van der Waals surface area contributed by atoms with Gasteiger partial charge in [0.2, 0.25) is 21.8 Å². The van der Waals surface area contributed by atoms with E-state index < -0.39 is 21.9 Å². The molecule has 36 heavy (non-hydrogen) atoms. The summed E-state index contributed by atoms with van der Waals surface area (Å²) in [5.41, 5.74) is 1.04. The number of carbonyl (C=O) groups is 2. The molecule has 1 fully saturated rings. The van der Waals surface area contributed by atoms with Crippen molar-refractivity contribution in [1.29, 1.82) is 0 Å². The molecule has 1 aliphatic rings. The zero-order valence-electron chi connectivity index (χ0n) is 20.6. The average molecular weight is 538 g/mol. The SMILES string of the molecule is CC(C(=O)NC1CCCC1)N(Cc1ccccc1Cl)C(=O)CCCN(c1ccc(F)cc1)S(C)(=O)=O. The highest BCUT2D eigenvalue weighted by Gasteiger charge is 2.29. The van der Waals surface area contributed by atoms with Crippen LogP contribution in [-0.2, 0) is 26.2 Å². The maximum atomic E-state index is 13.3. The van der Waals surface area contributed by atoms with Crippen LogP contribution in [0.3, 0.4) is 0 Å². The van der Waals surface area contributed by atoms with E-state index in [2.05, 4.69) is 5.32 Å². The summed E-state index contributed by atoms with van der Waals surface area (Å²) in [5.74, 6) is -0.967. The molecule has 0 spiro atoms. The Morgan fingerprint density at radius 3 is 2.36 bits per heavy atom. The molecule has 2 aromatic carbocycles. The smallest absolute Gasteiger partial charge is 0.242 e. The predicted molar refractivity (Wildman–Crippen MR) is 140 cm³/mol. The number of carbonyl (C=O) groups excluding carboxylic acids is 2. The third-order valence-corrected chi connectivity index (χ3v) is 8.00. The van der Waals surface area contributed by atoms with Crippen LogP contribution in [0.15, 0.2) is 48.5 Å². The van der Waals surface area contributed by atoms with E-state index in [0.29, 0.717) is 10.7 Å². The Morgan fingerprint density at radius 2 is 1.75 bits per heavy atom. The minimum Gasteiger partial charge on any atom is -0.352 e. The molecule has 0 heterocycles. The van der Waals surface area contributed by atoms with E-state index in [-0.39, 0.29) is 43.8 Å². The first-order valence-electron chi connectivity index (χ1n) is 12.1. The van der Waals surface area contributed by atoms with Crippen molar-refractivity contribution in [3.05, 3.63) is 64.9 Å². The van der Waals surface area contributed by atoms with Crippen molar-refractivity contribution in [1.82, 2.24) is 10.2 Å². The molecule has 196 valence electrons. The second-order valence-electron chi connectivity index (χ2n) is 9.19. The Hall–Kier alpha value is -2.65. The molecule has 1 N–H and O–H groups in total. The van der Waals surface area contributed by atoms with E-state index in [1.807, 2.05) is 12.1 Å². The van der Waals surface area contributed by atoms with Gasteiger partial charge in [-0.1, -0.05) is 42.6 Å². The number of hydrogen-bond acceptors (Lipinski definition) is 4. The fourth-order valence-corrected chi connectivity index (χ4v) is 5.56. The third kappa shape index (κ3) is 7.67. The second kappa shape index (κ2) is 12.5. The number of benzene rings is 2. The number of amides is 2. The van der Waals surface area contributed by atoms with Gasteiger partial charge in [-0.3, -0.25) is 13.9 Å². The lowest BCUT2D eigenvalue weighted by Crippen LogP contribution is -2.49. The molecular formula is C26H33ClFN3O4S. The monoisotopic (exact) mass is 537 g/mol. The molecule has 7 nitrogen and oxygen atoms in total. The largest absolute Gasteiger partial charge is 0.352 e. The van der Waals surface area contributed by atoms with Crippen LogP contribution < -0.4 is 9.62 Å². The lowest BCUT2D eigenvalue weighted by molar-refractivity contribution is -0.140. The molecule has 0 bridgehead atoms. The average Bonchev–Trinajstić information content (AvgIpc) is 3.34. The van der Waals surface area contributed by atoms with Crippen molar-refractivity contribution in [3.63, 3.8) is 0 Å². The quantitative estimate of drug-likeness (QED) is 0.457. The van der Waals surface area contributed by atoms with Gasteiger partial charge in [0.25, 0.3) is 0 Å². The minimum absolute atomic E-state index is 0.0265. The number of nitrogens with one attached hydrogen (secondary N) is 1. The molecule has 1 atom stereocenters. The second-order valence-corrected chi connectivity index (χ2v) is 11.5. The van der Waals surface area contributed by atoms with Crippen LogP contribution in [0.5, 0.6) is 0 Å². The highest BCUT2D eigenvalue weighted by atomic mass is 35.5. The molecule has 2 aromatic rings. The van der Waals surface area contributed by atoms with Gasteiger partial charge in [-0.25, -0.2) is 12.8 Å². The number of anilines is 1. The van der Waals surface area contributed by atoms with E-state index in [9.17, 15) is 22.4 Å². The topological polar surface area (TPSA) is 86.8 Å². The Labute approximate surface area is 217 Å². The van der Waals surface area contributed by atoms with Gasteiger partial charge >= 0.3 is 0 Å². The lowest BCUT2D eigenvalue weighted by atomic mass is 10.1. The zero-order chi connectivity index (χ0) is 26.3. The lowest BCUT2D eigenvalue weighted by Gasteiger charge is -2.30. The molecule has 0 saturated heterocycles. The van der Waals surface area contributed by atoms with E-state index in [4.69, 9.17) is 11.6 Å². The predicted octanol–water partition coefficient (Wildman–Crippen LogP) is 4.50. The van der Waals surface area contributed by atoms with Gasteiger partial charge in [-0.05, 0) is 62.1 Å². The summed E-state index contributed by atoms with van der Waals surface area (Å²) < 4.78 is 39.1. The van der Waals surface area contributed by atoms with Crippen molar-refractivity contribution in [2.24, 2.45) is 0 Å². The van der Waals surface area contributed by atoms with Crippen molar-refractivity contribution >= 4 is 39.1 Å². The summed E-state index contributed by atoms with van der Waals surface area (Å²) in [6, 6.07) is 11.7. The first-order valence-corrected chi connectivity index (χ1v) is 14.4. The van der Waals surface area contributed by atoms with Gasteiger partial charge in [0.15, 0.2) is 0 Å². The number of sulfonamides is 1. The normalized spacial score (nSPS) is 14.9. The van der Waals surface area contributed by atoms with Crippen molar-refractivity contribution in [2.75, 3.05) is 17.1 Å². The van der Waals surface area contributed by atoms with Crippen LogP contribution in [0.2, 0.25) is 5.02 Å². The van der Waals surface area contributed by atoms with Crippen molar-refractivity contribution in [3.8, 4) is 0 Å². The van der Waals surface area contributed by atoms with Crippen LogP contribution in [-0.4, -0.2) is 50.0 Å². The molecule has 0 aromatic heterocycles. The van der Waals surface area contributed by atoms with E-state index >= 15 is 0 Å². The Kier molecular flexibility index (Phi) is 9.73. The first-order chi connectivity index (χ1) is 17.1. The summed E-state index contributed by atoms with van der Waals surface area (Å²) in [6.45, 7) is 1.89.